The molecule has 0 spiro atoms. The van der Waals surface area contributed by atoms with Gasteiger partial charge < -0.3 is 14.6 Å². The van der Waals surface area contributed by atoms with Crippen molar-refractivity contribution in [2.75, 3.05) is 18.1 Å². The van der Waals surface area contributed by atoms with E-state index in [0.29, 0.717) is 19.5 Å². The molecule has 0 aromatic carbocycles. The normalized spacial score (nSPS) is 23.4. The second-order valence-electron chi connectivity index (χ2n) is 6.33. The van der Waals surface area contributed by atoms with Crippen molar-refractivity contribution in [3.05, 3.63) is 23.7 Å². The topological polar surface area (TPSA) is 79.6 Å². The monoisotopic (exact) mass is 326 g/mol. The van der Waals surface area contributed by atoms with Gasteiger partial charge in [-0.25, -0.2) is 13.2 Å². The fourth-order valence-electron chi connectivity index (χ4n) is 2.86. The number of nitrogens with zero attached hydrogens (tertiary/aromatic N) is 1. The van der Waals surface area contributed by atoms with E-state index in [4.69, 9.17) is 4.42 Å². The van der Waals surface area contributed by atoms with Gasteiger partial charge in [0.15, 0.2) is 9.84 Å². The summed E-state index contributed by atoms with van der Waals surface area (Å²) in [4.78, 5) is 14.2. The Bertz CT molecular complexity index is 648. The van der Waals surface area contributed by atoms with Gasteiger partial charge >= 0.3 is 6.03 Å². The fraction of sp³-hybridized carbons (Fsp3) is 0.667. The van der Waals surface area contributed by atoms with Gasteiger partial charge in [0.25, 0.3) is 0 Å². The highest BCUT2D eigenvalue weighted by molar-refractivity contribution is 7.91. The lowest BCUT2D eigenvalue weighted by Crippen LogP contribution is -2.42. The summed E-state index contributed by atoms with van der Waals surface area (Å²) in [5.74, 6) is 2.09. The summed E-state index contributed by atoms with van der Waals surface area (Å²) in [6.45, 7) is 2.78. The van der Waals surface area contributed by atoms with Crippen molar-refractivity contribution in [2.45, 2.75) is 38.8 Å². The number of hydrogen-bond donors (Lipinski definition) is 1. The number of aryl methyl sites for hydroxylation is 1. The molecule has 2 amide bonds. The molecule has 1 aliphatic heterocycles. The van der Waals surface area contributed by atoms with Crippen LogP contribution in [0.25, 0.3) is 0 Å². The summed E-state index contributed by atoms with van der Waals surface area (Å²) in [5, 5.41) is 2.89. The average molecular weight is 326 g/mol. The van der Waals surface area contributed by atoms with E-state index in [1.165, 1.54) is 0 Å². The molecule has 1 aromatic rings. The molecule has 2 fully saturated rings. The van der Waals surface area contributed by atoms with Gasteiger partial charge in [0.2, 0.25) is 0 Å². The van der Waals surface area contributed by atoms with Gasteiger partial charge in [-0.15, -0.1) is 0 Å². The molecule has 1 N–H and O–H groups in total. The lowest BCUT2D eigenvalue weighted by Gasteiger charge is -2.22. The molecule has 22 heavy (non-hydrogen) atoms. The Balaban J connectivity index is 1.54. The molecule has 1 saturated heterocycles. The van der Waals surface area contributed by atoms with Gasteiger partial charge in [0.1, 0.15) is 11.5 Å². The largest absolute Gasteiger partial charge is 0.464 e. The Hall–Kier alpha value is -1.50. The van der Waals surface area contributed by atoms with E-state index in [1.54, 1.807) is 4.90 Å². The van der Waals surface area contributed by atoms with Gasteiger partial charge in [-0.2, -0.15) is 0 Å². The Morgan fingerprint density at radius 1 is 1.36 bits per heavy atom. The van der Waals surface area contributed by atoms with Crippen LogP contribution >= 0.6 is 0 Å². The third-order valence-corrected chi connectivity index (χ3v) is 6.08. The molecule has 7 heteroatoms. The minimum atomic E-state index is -2.89. The number of amides is 2. The van der Waals surface area contributed by atoms with Gasteiger partial charge in [-0.05, 0) is 44.2 Å². The highest BCUT2D eigenvalue weighted by Gasteiger charge is 2.34. The molecular weight excluding hydrogens is 304 g/mol. The van der Waals surface area contributed by atoms with Crippen molar-refractivity contribution in [3.63, 3.8) is 0 Å². The smallest absolute Gasteiger partial charge is 0.318 e. The van der Waals surface area contributed by atoms with Gasteiger partial charge in [-0.3, -0.25) is 0 Å². The highest BCUT2D eigenvalue weighted by atomic mass is 32.2. The van der Waals surface area contributed by atoms with E-state index in [2.05, 4.69) is 5.32 Å². The Kier molecular flexibility index (Phi) is 4.16. The summed E-state index contributed by atoms with van der Waals surface area (Å²) in [6, 6.07) is 3.93. The first-order valence-corrected chi connectivity index (χ1v) is 9.55. The molecular formula is C15H22N2O4S. The summed E-state index contributed by atoms with van der Waals surface area (Å²) in [6.07, 6.45) is 2.68. The lowest BCUT2D eigenvalue weighted by atomic mass is 10.1. The van der Waals surface area contributed by atoms with E-state index in [0.717, 1.165) is 24.4 Å². The second kappa shape index (κ2) is 5.95. The summed E-state index contributed by atoms with van der Waals surface area (Å²) in [7, 11) is -2.89. The molecule has 0 bridgehead atoms. The minimum Gasteiger partial charge on any atom is -0.464 e. The van der Waals surface area contributed by atoms with Crippen molar-refractivity contribution >= 4 is 15.9 Å². The van der Waals surface area contributed by atoms with Crippen LogP contribution in [0.4, 0.5) is 4.79 Å². The number of urea groups is 1. The van der Waals surface area contributed by atoms with Crippen molar-refractivity contribution in [2.24, 2.45) is 5.92 Å². The quantitative estimate of drug-likeness (QED) is 0.893. The van der Waals surface area contributed by atoms with Gasteiger partial charge in [-0.1, -0.05) is 0 Å². The SMILES string of the molecule is Cc1ccc(CN(C(=O)NC[C@H]2CCS(=O)(=O)C2)C2CC2)o1. The van der Waals surface area contributed by atoms with Crippen LogP contribution < -0.4 is 5.32 Å². The first-order chi connectivity index (χ1) is 10.4. The standard InChI is InChI=1S/C15H22N2O4S/c1-11-2-5-14(21-11)9-17(13-3-4-13)15(18)16-8-12-6-7-22(19,20)10-12/h2,5,12-13H,3-4,6-10H2,1H3,(H,16,18)/t12-/m1/s1. The Morgan fingerprint density at radius 2 is 2.14 bits per heavy atom. The van der Waals surface area contributed by atoms with E-state index < -0.39 is 9.84 Å². The molecule has 1 saturated carbocycles. The van der Waals surface area contributed by atoms with Crippen molar-refractivity contribution in [1.29, 1.82) is 0 Å². The number of hydrogen-bond acceptors (Lipinski definition) is 4. The summed E-state index contributed by atoms with van der Waals surface area (Å²) >= 11 is 0. The van der Waals surface area contributed by atoms with Crippen LogP contribution in [-0.2, 0) is 16.4 Å². The highest BCUT2D eigenvalue weighted by Crippen LogP contribution is 2.29. The van der Waals surface area contributed by atoms with Gasteiger partial charge in [0, 0.05) is 12.6 Å². The zero-order valence-corrected chi connectivity index (χ0v) is 13.6. The number of carbonyl (C=O) groups is 1. The maximum atomic E-state index is 12.4. The molecule has 3 rings (SSSR count). The first kappa shape index (κ1) is 15.4. The third kappa shape index (κ3) is 3.82. The minimum absolute atomic E-state index is 0.0425. The van der Waals surface area contributed by atoms with Crippen LogP contribution in [0.5, 0.6) is 0 Å². The van der Waals surface area contributed by atoms with Crippen LogP contribution in [0.1, 0.15) is 30.8 Å². The molecule has 1 aliphatic carbocycles. The number of nitrogens with one attached hydrogen (secondary N) is 1. The molecule has 2 aliphatic rings. The average Bonchev–Trinajstić information content (AvgIpc) is 3.12. The van der Waals surface area contributed by atoms with Gasteiger partial charge in [0.05, 0.1) is 18.1 Å². The number of rotatable bonds is 5. The van der Waals surface area contributed by atoms with Crippen LogP contribution in [0.3, 0.4) is 0 Å². The fourth-order valence-corrected chi connectivity index (χ4v) is 4.72. The third-order valence-electron chi connectivity index (χ3n) is 4.24. The molecule has 1 aromatic heterocycles. The summed E-state index contributed by atoms with van der Waals surface area (Å²) in [5.41, 5.74) is 0. The van der Waals surface area contributed by atoms with Crippen molar-refractivity contribution in [3.8, 4) is 0 Å². The molecule has 2 heterocycles. The molecule has 6 nitrogen and oxygen atoms in total. The zero-order valence-electron chi connectivity index (χ0n) is 12.7. The lowest BCUT2D eigenvalue weighted by molar-refractivity contribution is 0.185. The van der Waals surface area contributed by atoms with E-state index in [9.17, 15) is 13.2 Å². The van der Waals surface area contributed by atoms with E-state index in [-0.39, 0.29) is 29.5 Å². The maximum Gasteiger partial charge on any atom is 0.318 e. The van der Waals surface area contributed by atoms with Crippen LogP contribution in [0, 0.1) is 12.8 Å². The molecule has 0 radical (unpaired) electrons. The van der Waals surface area contributed by atoms with Crippen LogP contribution in [-0.4, -0.2) is 43.4 Å². The summed E-state index contributed by atoms with van der Waals surface area (Å²) < 4.78 is 28.4. The number of carbonyl (C=O) groups excluding carboxylic acids is 1. The Labute approximate surface area is 130 Å². The molecule has 1 atom stereocenters. The number of furan rings is 1. The van der Waals surface area contributed by atoms with Crippen LogP contribution in [0.15, 0.2) is 16.5 Å². The van der Waals surface area contributed by atoms with E-state index in [1.807, 2.05) is 19.1 Å². The molecule has 0 unspecified atom stereocenters. The second-order valence-corrected chi connectivity index (χ2v) is 8.56. The maximum absolute atomic E-state index is 12.4. The van der Waals surface area contributed by atoms with Crippen molar-refractivity contribution < 1.29 is 17.6 Å². The first-order valence-electron chi connectivity index (χ1n) is 7.73. The van der Waals surface area contributed by atoms with Crippen LogP contribution in [0.2, 0.25) is 0 Å². The zero-order chi connectivity index (χ0) is 15.7. The van der Waals surface area contributed by atoms with E-state index >= 15 is 0 Å². The Morgan fingerprint density at radius 3 is 2.68 bits per heavy atom. The number of sulfone groups is 1. The predicted molar refractivity (Wildman–Crippen MR) is 82.2 cm³/mol. The molecule has 122 valence electrons. The van der Waals surface area contributed by atoms with Crippen molar-refractivity contribution in [1.82, 2.24) is 10.2 Å². The predicted octanol–water partition coefficient (Wildman–Crippen LogP) is 1.70.